The first-order valence-corrected chi connectivity index (χ1v) is 8.47. The third-order valence-corrected chi connectivity index (χ3v) is 6.17. The minimum absolute atomic E-state index is 0. The third-order valence-electron chi connectivity index (χ3n) is 3.56. The Bertz CT molecular complexity index is 663. The number of allylic oxidation sites excluding steroid dienone is 2. The summed E-state index contributed by atoms with van der Waals surface area (Å²) in [5.74, 6) is 0. The van der Waals surface area contributed by atoms with Crippen molar-refractivity contribution in [1.29, 1.82) is 0 Å². The second-order valence-corrected chi connectivity index (χ2v) is 7.31. The predicted octanol–water partition coefficient (Wildman–Crippen LogP) is 2.52. The molecule has 0 amide bonds. The average molecular weight is 347 g/mol. The van der Waals surface area contributed by atoms with Crippen LogP contribution in [0.25, 0.3) is 0 Å². The Morgan fingerprint density at radius 1 is 0.783 bits per heavy atom. The zero-order chi connectivity index (χ0) is 14.8. The zero-order valence-electron chi connectivity index (χ0n) is 12.8. The summed E-state index contributed by atoms with van der Waals surface area (Å²) in [5, 5.41) is 2.41. The maximum atomic E-state index is 5.98. The molecule has 5 rings (SSSR count). The standard InChI is InChI=1S/C17H14BO3P.K/c1-3-9-15(10-4-1)22(16-11-5-2-6-12-16)17-13-7-8-14-19-18(20-17)21-17;/h1-14H;. The number of hydrogen-bond donors (Lipinski definition) is 0. The van der Waals surface area contributed by atoms with Crippen LogP contribution in [0.1, 0.15) is 0 Å². The van der Waals surface area contributed by atoms with Gasteiger partial charge < -0.3 is 14.0 Å². The van der Waals surface area contributed by atoms with E-state index in [1.54, 1.807) is 6.26 Å². The number of benzene rings is 2. The normalized spacial score (nSPS) is 17.5. The Labute approximate surface area is 180 Å². The van der Waals surface area contributed by atoms with E-state index in [0.29, 0.717) is 0 Å². The molecule has 1 radical (unpaired) electrons. The van der Waals surface area contributed by atoms with Crippen molar-refractivity contribution in [1.82, 2.24) is 0 Å². The zero-order valence-corrected chi connectivity index (χ0v) is 16.8. The van der Waals surface area contributed by atoms with Crippen LogP contribution in [0.4, 0.5) is 0 Å². The topological polar surface area (TPSA) is 27.7 Å². The van der Waals surface area contributed by atoms with Crippen LogP contribution in [-0.4, -0.2) is 64.2 Å². The summed E-state index contributed by atoms with van der Waals surface area (Å²) in [4.78, 5) is 0. The molecule has 0 saturated carbocycles. The van der Waals surface area contributed by atoms with E-state index in [2.05, 4.69) is 24.3 Å². The molecule has 23 heavy (non-hydrogen) atoms. The monoisotopic (exact) mass is 347 g/mol. The number of hydrogen-bond acceptors (Lipinski definition) is 3. The Hall–Kier alpha value is -0.229. The van der Waals surface area contributed by atoms with E-state index < -0.39 is 20.8 Å². The van der Waals surface area contributed by atoms with Gasteiger partial charge in [0.05, 0.1) is 6.26 Å². The molecule has 3 aliphatic rings. The molecule has 3 nitrogen and oxygen atoms in total. The van der Waals surface area contributed by atoms with Gasteiger partial charge in [-0.15, -0.1) is 0 Å². The molecule has 0 aromatic heterocycles. The first-order chi connectivity index (χ1) is 10.9. The smallest absolute Gasteiger partial charge is 0.518 e. The second-order valence-electron chi connectivity index (χ2n) is 4.99. The fourth-order valence-corrected chi connectivity index (χ4v) is 5.17. The molecular weight excluding hydrogens is 333 g/mol. The van der Waals surface area contributed by atoms with Crippen molar-refractivity contribution in [2.75, 3.05) is 0 Å². The molecule has 109 valence electrons. The molecule has 2 aromatic rings. The fourth-order valence-electron chi connectivity index (χ4n) is 2.59. The first kappa shape index (κ1) is 17.6. The van der Waals surface area contributed by atoms with Crippen molar-refractivity contribution in [2.24, 2.45) is 0 Å². The van der Waals surface area contributed by atoms with E-state index in [4.69, 9.17) is 14.0 Å². The summed E-state index contributed by atoms with van der Waals surface area (Å²) < 4.78 is 17.3. The largest absolute Gasteiger partial charge is 0.717 e. The van der Waals surface area contributed by atoms with E-state index in [0.717, 1.165) is 0 Å². The van der Waals surface area contributed by atoms with Crippen molar-refractivity contribution in [3.05, 3.63) is 85.2 Å². The maximum Gasteiger partial charge on any atom is 0.717 e. The summed E-state index contributed by atoms with van der Waals surface area (Å²) in [5.41, 5.74) is -0.770. The van der Waals surface area contributed by atoms with Crippen LogP contribution >= 0.6 is 7.92 Å². The van der Waals surface area contributed by atoms with Gasteiger partial charge in [-0.2, -0.15) is 0 Å². The van der Waals surface area contributed by atoms with Crippen LogP contribution in [0.5, 0.6) is 0 Å². The SMILES string of the molecule is C1=COB2OC(P(c3ccccc3)c3ccccc3)(C=C1)O2.[K]. The Balaban J connectivity index is 0.00000156. The van der Waals surface area contributed by atoms with Crippen LogP contribution in [0.15, 0.2) is 85.2 Å². The van der Waals surface area contributed by atoms with Gasteiger partial charge in [0.25, 0.3) is 0 Å². The molecule has 2 aromatic carbocycles. The fraction of sp³-hybridized carbons (Fsp3) is 0.0588. The molecule has 0 N–H and O–H groups in total. The van der Waals surface area contributed by atoms with Crippen LogP contribution in [0.3, 0.4) is 0 Å². The van der Waals surface area contributed by atoms with Crippen molar-refractivity contribution in [3.8, 4) is 0 Å². The molecule has 0 spiro atoms. The van der Waals surface area contributed by atoms with Gasteiger partial charge in [0.1, 0.15) is 0 Å². The maximum absolute atomic E-state index is 5.98. The molecule has 1 saturated heterocycles. The summed E-state index contributed by atoms with van der Waals surface area (Å²) in [7, 11) is -1.49. The molecule has 0 unspecified atom stereocenters. The number of fused-ring (bicyclic) bond motifs is 2. The van der Waals surface area contributed by atoms with Gasteiger partial charge in [0, 0.05) is 59.3 Å². The quantitative estimate of drug-likeness (QED) is 0.631. The van der Waals surface area contributed by atoms with Crippen LogP contribution < -0.4 is 10.6 Å². The minimum Gasteiger partial charge on any atom is -0.518 e. The molecule has 1 fully saturated rings. The van der Waals surface area contributed by atoms with E-state index in [9.17, 15) is 0 Å². The molecule has 0 atom stereocenters. The summed E-state index contributed by atoms with van der Waals surface area (Å²) in [6.45, 7) is 0. The van der Waals surface area contributed by atoms with Crippen molar-refractivity contribution in [2.45, 2.75) is 5.53 Å². The van der Waals surface area contributed by atoms with E-state index in [1.165, 1.54) is 10.6 Å². The van der Waals surface area contributed by atoms with Crippen LogP contribution in [-0.2, 0) is 14.0 Å². The molecule has 6 heteroatoms. The molecular formula is C17H14BKO3P. The van der Waals surface area contributed by atoms with Crippen molar-refractivity contribution < 1.29 is 14.0 Å². The molecule has 2 bridgehead atoms. The number of rotatable bonds is 3. The van der Waals surface area contributed by atoms with Crippen molar-refractivity contribution >= 4 is 77.2 Å². The Kier molecular flexibility index (Phi) is 5.94. The summed E-state index contributed by atoms with van der Waals surface area (Å²) in [6, 6.07) is 20.7. The van der Waals surface area contributed by atoms with Crippen molar-refractivity contribution in [3.63, 3.8) is 0 Å². The molecule has 3 heterocycles. The third kappa shape index (κ3) is 3.58. The molecule has 3 aliphatic heterocycles. The van der Waals surface area contributed by atoms with Gasteiger partial charge in [0.2, 0.25) is 0 Å². The minimum atomic E-state index is -0.859. The van der Waals surface area contributed by atoms with E-state index in [1.807, 2.05) is 54.6 Å². The first-order valence-electron chi connectivity index (χ1n) is 7.13. The van der Waals surface area contributed by atoms with E-state index in [-0.39, 0.29) is 51.4 Å². The van der Waals surface area contributed by atoms with Gasteiger partial charge in [-0.3, -0.25) is 0 Å². The van der Waals surface area contributed by atoms with Gasteiger partial charge in [0.15, 0.2) is 5.53 Å². The Morgan fingerprint density at radius 3 is 1.91 bits per heavy atom. The Morgan fingerprint density at radius 2 is 1.35 bits per heavy atom. The second kappa shape index (κ2) is 7.77. The summed E-state index contributed by atoms with van der Waals surface area (Å²) in [6.07, 6.45) is 7.33. The van der Waals surface area contributed by atoms with Gasteiger partial charge in [-0.25, -0.2) is 0 Å². The average Bonchev–Trinajstić information content (AvgIpc) is 2.50. The van der Waals surface area contributed by atoms with E-state index >= 15 is 0 Å². The molecule has 0 aliphatic carbocycles. The van der Waals surface area contributed by atoms with Gasteiger partial charge >= 0.3 is 7.32 Å². The van der Waals surface area contributed by atoms with Crippen LogP contribution in [0.2, 0.25) is 0 Å². The van der Waals surface area contributed by atoms with Crippen LogP contribution in [0, 0.1) is 0 Å². The van der Waals surface area contributed by atoms with Gasteiger partial charge in [-0.1, -0.05) is 66.7 Å². The summed E-state index contributed by atoms with van der Waals surface area (Å²) >= 11 is 0. The predicted molar refractivity (Wildman–Crippen MR) is 94.8 cm³/mol. The van der Waals surface area contributed by atoms with Gasteiger partial charge in [-0.05, 0) is 22.8 Å².